The number of carbonyl (C=O) groups excluding carboxylic acids is 3. The van der Waals surface area contributed by atoms with Gasteiger partial charge in [0.1, 0.15) is 0 Å². The highest BCUT2D eigenvalue weighted by atomic mass is 16.2. The number of nitrogens with one attached hydrogen (secondary N) is 1. The second-order valence-electron chi connectivity index (χ2n) is 7.85. The highest BCUT2D eigenvalue weighted by Gasteiger charge is 2.35. The molecule has 0 aromatic heterocycles. The molecule has 1 atom stereocenters. The molecule has 6 heteroatoms. The number of nitrogens with zero attached hydrogens (tertiary/aromatic N) is 2. The van der Waals surface area contributed by atoms with Crippen molar-refractivity contribution in [3.63, 3.8) is 0 Å². The van der Waals surface area contributed by atoms with Crippen LogP contribution in [-0.4, -0.2) is 30.8 Å². The molecule has 0 bridgehead atoms. The van der Waals surface area contributed by atoms with E-state index in [0.717, 1.165) is 34.5 Å². The van der Waals surface area contributed by atoms with Gasteiger partial charge in [0.25, 0.3) is 0 Å². The molecule has 2 heterocycles. The molecule has 1 saturated heterocycles. The largest absolute Gasteiger partial charge is 0.352 e. The number of hydrogen-bond donors (Lipinski definition) is 1. The normalized spacial score (nSPS) is 18.1. The number of rotatable bonds is 4. The monoisotopic (exact) mass is 391 g/mol. The van der Waals surface area contributed by atoms with Gasteiger partial charge in [0.05, 0.1) is 5.92 Å². The van der Waals surface area contributed by atoms with Gasteiger partial charge in [-0.05, 0) is 42.7 Å². The fourth-order valence-corrected chi connectivity index (χ4v) is 4.17. The molecule has 0 saturated carbocycles. The lowest BCUT2D eigenvalue weighted by atomic mass is 10.1. The molecule has 6 nitrogen and oxygen atoms in total. The summed E-state index contributed by atoms with van der Waals surface area (Å²) in [6.45, 7) is 5.10. The topological polar surface area (TPSA) is 69.7 Å². The molecule has 29 heavy (non-hydrogen) atoms. The zero-order valence-corrected chi connectivity index (χ0v) is 16.8. The molecular weight excluding hydrogens is 366 g/mol. The van der Waals surface area contributed by atoms with Crippen LogP contribution in [0.5, 0.6) is 0 Å². The van der Waals surface area contributed by atoms with Crippen molar-refractivity contribution in [1.29, 1.82) is 0 Å². The molecule has 1 N–H and O–H groups in total. The number of benzene rings is 2. The van der Waals surface area contributed by atoms with Crippen LogP contribution >= 0.6 is 0 Å². The van der Waals surface area contributed by atoms with Gasteiger partial charge >= 0.3 is 0 Å². The van der Waals surface area contributed by atoms with E-state index < -0.39 is 0 Å². The van der Waals surface area contributed by atoms with E-state index in [1.807, 2.05) is 49.4 Å². The molecule has 2 aromatic rings. The maximum absolute atomic E-state index is 12.6. The quantitative estimate of drug-likeness (QED) is 0.871. The molecule has 0 aliphatic carbocycles. The Balaban J connectivity index is 1.42. The zero-order valence-electron chi connectivity index (χ0n) is 16.8. The lowest BCUT2D eigenvalue weighted by Gasteiger charge is -2.19. The van der Waals surface area contributed by atoms with Crippen LogP contribution in [0.15, 0.2) is 42.5 Å². The number of fused-ring (bicyclic) bond motifs is 1. The fraction of sp³-hybridized carbons (Fsp3) is 0.348. The van der Waals surface area contributed by atoms with Crippen LogP contribution < -0.4 is 15.1 Å². The number of amides is 3. The van der Waals surface area contributed by atoms with Crippen molar-refractivity contribution >= 4 is 29.1 Å². The minimum absolute atomic E-state index is 0.0269. The molecule has 150 valence electrons. The van der Waals surface area contributed by atoms with Gasteiger partial charge < -0.3 is 15.1 Å². The van der Waals surface area contributed by atoms with E-state index in [2.05, 4.69) is 5.32 Å². The van der Waals surface area contributed by atoms with Crippen molar-refractivity contribution in [3.8, 4) is 0 Å². The molecule has 0 spiro atoms. The summed E-state index contributed by atoms with van der Waals surface area (Å²) in [7, 11) is 0. The summed E-state index contributed by atoms with van der Waals surface area (Å²) < 4.78 is 0. The Labute approximate surface area is 170 Å². The predicted molar refractivity (Wildman–Crippen MR) is 112 cm³/mol. The Morgan fingerprint density at radius 3 is 2.76 bits per heavy atom. The minimum Gasteiger partial charge on any atom is -0.352 e. The van der Waals surface area contributed by atoms with Crippen LogP contribution in [0.4, 0.5) is 11.4 Å². The number of aryl methyl sites for hydroxylation is 1. The Morgan fingerprint density at radius 1 is 1.17 bits per heavy atom. The zero-order chi connectivity index (χ0) is 20.5. The number of hydrogen-bond acceptors (Lipinski definition) is 3. The molecule has 4 rings (SSSR count). The van der Waals surface area contributed by atoms with E-state index in [9.17, 15) is 14.4 Å². The molecular formula is C23H25N3O3. The third-order valence-electron chi connectivity index (χ3n) is 5.70. The molecule has 0 unspecified atom stereocenters. The number of anilines is 2. The first-order chi connectivity index (χ1) is 13.9. The maximum Gasteiger partial charge on any atom is 0.227 e. The van der Waals surface area contributed by atoms with Crippen molar-refractivity contribution in [2.45, 2.75) is 33.2 Å². The average Bonchev–Trinajstić information content (AvgIpc) is 3.29. The summed E-state index contributed by atoms with van der Waals surface area (Å²) in [6.07, 6.45) is 1.00. The predicted octanol–water partition coefficient (Wildman–Crippen LogP) is 2.57. The van der Waals surface area contributed by atoms with Crippen LogP contribution in [0, 0.1) is 12.8 Å². The molecule has 2 aliphatic heterocycles. The molecule has 2 aromatic carbocycles. The van der Waals surface area contributed by atoms with Crippen LogP contribution in [0.2, 0.25) is 0 Å². The van der Waals surface area contributed by atoms with Crippen LogP contribution in [0.25, 0.3) is 0 Å². The first-order valence-electron chi connectivity index (χ1n) is 9.97. The van der Waals surface area contributed by atoms with Crippen molar-refractivity contribution in [3.05, 3.63) is 59.2 Å². The van der Waals surface area contributed by atoms with Gasteiger partial charge in [0, 0.05) is 44.4 Å². The van der Waals surface area contributed by atoms with Crippen molar-refractivity contribution < 1.29 is 14.4 Å². The standard InChI is InChI=1S/C23H25N3O3/c1-15-4-3-5-17(10-15)13-24-23(29)19-12-22(28)26(14-19)20-6-7-21-18(11-20)8-9-25(21)16(2)27/h3-7,10-11,19H,8-9,12-14H2,1-2H3,(H,24,29)/t19-/m0/s1. The smallest absolute Gasteiger partial charge is 0.227 e. The van der Waals surface area contributed by atoms with E-state index in [4.69, 9.17) is 0 Å². The highest BCUT2D eigenvalue weighted by molar-refractivity contribution is 6.01. The summed E-state index contributed by atoms with van der Waals surface area (Å²) >= 11 is 0. The lowest BCUT2D eigenvalue weighted by Crippen LogP contribution is -2.32. The summed E-state index contributed by atoms with van der Waals surface area (Å²) in [5, 5.41) is 2.96. The second kappa shape index (κ2) is 7.70. The van der Waals surface area contributed by atoms with Crippen LogP contribution in [-0.2, 0) is 27.3 Å². The number of carbonyl (C=O) groups is 3. The highest BCUT2D eigenvalue weighted by Crippen LogP contribution is 2.34. The molecule has 2 aliphatic rings. The summed E-state index contributed by atoms with van der Waals surface area (Å²) in [5.41, 5.74) is 4.98. The van der Waals surface area contributed by atoms with Crippen molar-refractivity contribution in [1.82, 2.24) is 5.32 Å². The second-order valence-corrected chi connectivity index (χ2v) is 7.85. The van der Waals surface area contributed by atoms with E-state index in [-0.39, 0.29) is 30.1 Å². The molecule has 0 radical (unpaired) electrons. The van der Waals surface area contributed by atoms with Gasteiger partial charge in [-0.3, -0.25) is 14.4 Å². The SMILES string of the molecule is CC(=O)N1CCc2cc(N3C[C@@H](C(=O)NCc4cccc(C)c4)CC3=O)ccc21. The Hall–Kier alpha value is -3.15. The molecule has 3 amide bonds. The van der Waals surface area contributed by atoms with Crippen LogP contribution in [0.1, 0.15) is 30.0 Å². The first-order valence-corrected chi connectivity index (χ1v) is 9.97. The van der Waals surface area contributed by atoms with Gasteiger partial charge in [-0.25, -0.2) is 0 Å². The van der Waals surface area contributed by atoms with E-state index in [1.54, 1.807) is 16.7 Å². The van der Waals surface area contributed by atoms with Crippen LogP contribution in [0.3, 0.4) is 0 Å². The lowest BCUT2D eigenvalue weighted by molar-refractivity contribution is -0.126. The minimum atomic E-state index is -0.353. The maximum atomic E-state index is 12.6. The first kappa shape index (κ1) is 19.2. The van der Waals surface area contributed by atoms with Gasteiger partial charge in [-0.1, -0.05) is 29.8 Å². The molecule has 1 fully saturated rings. The van der Waals surface area contributed by atoms with E-state index in [1.165, 1.54) is 0 Å². The third kappa shape index (κ3) is 3.88. The van der Waals surface area contributed by atoms with Gasteiger partial charge in [-0.2, -0.15) is 0 Å². The summed E-state index contributed by atoms with van der Waals surface area (Å²) in [5.74, 6) is -0.457. The summed E-state index contributed by atoms with van der Waals surface area (Å²) in [4.78, 5) is 40.3. The van der Waals surface area contributed by atoms with Gasteiger partial charge in [0.2, 0.25) is 17.7 Å². The third-order valence-corrected chi connectivity index (χ3v) is 5.70. The Bertz CT molecular complexity index is 985. The van der Waals surface area contributed by atoms with Crippen molar-refractivity contribution in [2.75, 3.05) is 22.9 Å². The van der Waals surface area contributed by atoms with Crippen molar-refractivity contribution in [2.24, 2.45) is 5.92 Å². The Kier molecular flexibility index (Phi) is 5.09. The van der Waals surface area contributed by atoms with Gasteiger partial charge in [-0.15, -0.1) is 0 Å². The van der Waals surface area contributed by atoms with Gasteiger partial charge in [0.15, 0.2) is 0 Å². The average molecular weight is 391 g/mol. The van der Waals surface area contributed by atoms with E-state index >= 15 is 0 Å². The van der Waals surface area contributed by atoms with E-state index in [0.29, 0.717) is 19.6 Å². The Morgan fingerprint density at radius 2 is 2.00 bits per heavy atom. The fourth-order valence-electron chi connectivity index (χ4n) is 4.17. The summed E-state index contributed by atoms with van der Waals surface area (Å²) in [6, 6.07) is 13.8.